The number of nitrogens with zero attached hydrogens (tertiary/aromatic N) is 1. The van der Waals surface area contributed by atoms with E-state index in [0.717, 1.165) is 22.8 Å². The average molecular weight is 290 g/mol. The lowest BCUT2D eigenvalue weighted by Crippen LogP contribution is -2.16. The maximum atomic E-state index is 11.6. The summed E-state index contributed by atoms with van der Waals surface area (Å²) >= 11 is 9.19. The molecule has 0 aliphatic carbocycles. The Hall–Kier alpha value is -0.740. The molecule has 15 heavy (non-hydrogen) atoms. The van der Waals surface area contributed by atoms with Crippen molar-refractivity contribution in [2.45, 2.75) is 13.0 Å². The van der Waals surface area contributed by atoms with E-state index in [4.69, 9.17) is 11.6 Å². The van der Waals surface area contributed by atoms with Gasteiger partial charge in [0.15, 0.2) is 0 Å². The molecule has 0 bridgehead atoms. The van der Waals surface area contributed by atoms with Crippen molar-refractivity contribution < 1.29 is 0 Å². The highest BCUT2D eigenvalue weighted by Gasteiger charge is 2.05. The minimum atomic E-state index is -0.0757. The molecular formula is C10H10BrClN2O. The molecule has 0 aliphatic heterocycles. The van der Waals surface area contributed by atoms with E-state index < -0.39 is 0 Å². The lowest BCUT2D eigenvalue weighted by Gasteiger charge is -2.00. The van der Waals surface area contributed by atoms with Crippen LogP contribution in [-0.2, 0) is 6.54 Å². The van der Waals surface area contributed by atoms with Crippen molar-refractivity contribution in [2.24, 2.45) is 0 Å². The smallest absolute Gasteiger partial charge is 0.305 e. The zero-order valence-corrected chi connectivity index (χ0v) is 10.3. The lowest BCUT2D eigenvalue weighted by molar-refractivity contribution is 0.681. The van der Waals surface area contributed by atoms with Crippen LogP contribution in [0.5, 0.6) is 0 Å². The Morgan fingerprint density at radius 1 is 1.47 bits per heavy atom. The van der Waals surface area contributed by atoms with Crippen LogP contribution >= 0.6 is 27.5 Å². The monoisotopic (exact) mass is 288 g/mol. The SMILES string of the molecule is O=c1[nH]c2cc(Cl)ccc2n1CCCBr. The van der Waals surface area contributed by atoms with Crippen LogP contribution in [-0.4, -0.2) is 14.9 Å². The van der Waals surface area contributed by atoms with Gasteiger partial charge in [-0.3, -0.25) is 4.57 Å². The van der Waals surface area contributed by atoms with Crippen molar-refractivity contribution in [2.75, 3.05) is 5.33 Å². The summed E-state index contributed by atoms with van der Waals surface area (Å²) < 4.78 is 1.73. The van der Waals surface area contributed by atoms with Gasteiger partial charge in [-0.05, 0) is 24.6 Å². The second-order valence-corrected chi connectivity index (χ2v) is 4.52. The molecular weight excluding hydrogens is 279 g/mol. The van der Waals surface area contributed by atoms with Crippen molar-refractivity contribution in [3.63, 3.8) is 0 Å². The minimum absolute atomic E-state index is 0.0757. The third-order valence-corrected chi connectivity index (χ3v) is 3.05. The highest BCUT2D eigenvalue weighted by atomic mass is 79.9. The van der Waals surface area contributed by atoms with Gasteiger partial charge in [0.25, 0.3) is 0 Å². The predicted molar refractivity (Wildman–Crippen MR) is 66.0 cm³/mol. The largest absolute Gasteiger partial charge is 0.326 e. The molecule has 80 valence electrons. The van der Waals surface area contributed by atoms with Gasteiger partial charge >= 0.3 is 5.69 Å². The zero-order chi connectivity index (χ0) is 10.8. The average Bonchev–Trinajstić information content (AvgIpc) is 2.50. The van der Waals surface area contributed by atoms with E-state index in [1.165, 1.54) is 0 Å². The Labute approximate surface area is 100 Å². The van der Waals surface area contributed by atoms with Gasteiger partial charge < -0.3 is 4.98 Å². The fourth-order valence-corrected chi connectivity index (χ4v) is 2.00. The number of hydrogen-bond acceptors (Lipinski definition) is 1. The van der Waals surface area contributed by atoms with Crippen LogP contribution in [0, 0.1) is 0 Å². The van der Waals surface area contributed by atoms with E-state index in [0.29, 0.717) is 11.6 Å². The number of halogens is 2. The molecule has 5 heteroatoms. The predicted octanol–water partition coefficient (Wildman–Crippen LogP) is 2.77. The number of nitrogens with one attached hydrogen (secondary N) is 1. The third kappa shape index (κ3) is 2.11. The minimum Gasteiger partial charge on any atom is -0.305 e. The molecule has 0 unspecified atom stereocenters. The van der Waals surface area contributed by atoms with E-state index in [2.05, 4.69) is 20.9 Å². The molecule has 1 aromatic heterocycles. The number of aryl methyl sites for hydroxylation is 1. The molecule has 0 spiro atoms. The summed E-state index contributed by atoms with van der Waals surface area (Å²) in [5.74, 6) is 0. The summed E-state index contributed by atoms with van der Waals surface area (Å²) in [5, 5.41) is 1.52. The summed E-state index contributed by atoms with van der Waals surface area (Å²) in [6, 6.07) is 5.43. The van der Waals surface area contributed by atoms with Gasteiger partial charge in [0, 0.05) is 16.9 Å². The topological polar surface area (TPSA) is 37.8 Å². The fourth-order valence-electron chi connectivity index (χ4n) is 1.58. The highest BCUT2D eigenvalue weighted by molar-refractivity contribution is 9.09. The first-order valence-corrected chi connectivity index (χ1v) is 6.16. The van der Waals surface area contributed by atoms with E-state index in [-0.39, 0.29) is 5.69 Å². The molecule has 0 radical (unpaired) electrons. The van der Waals surface area contributed by atoms with Crippen LogP contribution in [0.3, 0.4) is 0 Å². The van der Waals surface area contributed by atoms with Gasteiger partial charge in [0.1, 0.15) is 0 Å². The first-order chi connectivity index (χ1) is 7.22. The van der Waals surface area contributed by atoms with Crippen molar-refractivity contribution in [3.05, 3.63) is 33.7 Å². The van der Waals surface area contributed by atoms with Crippen molar-refractivity contribution in [3.8, 4) is 0 Å². The van der Waals surface area contributed by atoms with Gasteiger partial charge in [-0.15, -0.1) is 0 Å². The Balaban J connectivity index is 2.53. The summed E-state index contributed by atoms with van der Waals surface area (Å²) in [7, 11) is 0. The molecule has 1 N–H and O–H groups in total. The first kappa shape index (κ1) is 10.8. The second-order valence-electron chi connectivity index (χ2n) is 3.29. The summed E-state index contributed by atoms with van der Waals surface area (Å²) in [6.07, 6.45) is 0.926. The number of alkyl halides is 1. The molecule has 2 rings (SSSR count). The standard InChI is InChI=1S/C10H10BrClN2O/c11-4-1-5-14-9-3-2-7(12)6-8(9)13-10(14)15/h2-3,6H,1,4-5H2,(H,13,15). The van der Waals surface area contributed by atoms with E-state index in [1.807, 2.05) is 6.07 Å². The molecule has 1 aromatic carbocycles. The van der Waals surface area contributed by atoms with Gasteiger partial charge in [-0.25, -0.2) is 4.79 Å². The number of aromatic nitrogens is 2. The number of fused-ring (bicyclic) bond motifs is 1. The number of rotatable bonds is 3. The summed E-state index contributed by atoms with van der Waals surface area (Å²) in [5.41, 5.74) is 1.63. The number of H-pyrrole nitrogens is 1. The molecule has 1 heterocycles. The number of imidazole rings is 1. The first-order valence-electron chi connectivity index (χ1n) is 4.66. The summed E-state index contributed by atoms with van der Waals surface area (Å²) in [6.45, 7) is 0.714. The van der Waals surface area contributed by atoms with Crippen LogP contribution in [0.4, 0.5) is 0 Å². The Bertz CT molecular complexity index is 532. The van der Waals surface area contributed by atoms with Gasteiger partial charge in [-0.1, -0.05) is 27.5 Å². The molecule has 0 saturated carbocycles. The van der Waals surface area contributed by atoms with Crippen LogP contribution in [0.25, 0.3) is 11.0 Å². The van der Waals surface area contributed by atoms with Crippen LogP contribution in [0.15, 0.2) is 23.0 Å². The fraction of sp³-hybridized carbons (Fsp3) is 0.300. The lowest BCUT2D eigenvalue weighted by atomic mass is 10.3. The molecule has 0 aliphatic rings. The van der Waals surface area contributed by atoms with Crippen LogP contribution in [0.1, 0.15) is 6.42 Å². The quantitative estimate of drug-likeness (QED) is 0.867. The normalized spacial score (nSPS) is 11.1. The Morgan fingerprint density at radius 3 is 3.00 bits per heavy atom. The molecule has 3 nitrogen and oxygen atoms in total. The van der Waals surface area contributed by atoms with Crippen molar-refractivity contribution >= 4 is 38.6 Å². The summed E-state index contributed by atoms with van der Waals surface area (Å²) in [4.78, 5) is 14.4. The maximum Gasteiger partial charge on any atom is 0.326 e. The zero-order valence-electron chi connectivity index (χ0n) is 7.96. The van der Waals surface area contributed by atoms with E-state index in [1.54, 1.807) is 16.7 Å². The van der Waals surface area contributed by atoms with Gasteiger partial charge in [0.05, 0.1) is 11.0 Å². The molecule has 0 fully saturated rings. The van der Waals surface area contributed by atoms with Crippen molar-refractivity contribution in [1.82, 2.24) is 9.55 Å². The number of aromatic amines is 1. The molecule has 2 aromatic rings. The number of benzene rings is 1. The van der Waals surface area contributed by atoms with Crippen molar-refractivity contribution in [1.29, 1.82) is 0 Å². The molecule has 0 amide bonds. The van der Waals surface area contributed by atoms with E-state index >= 15 is 0 Å². The van der Waals surface area contributed by atoms with Gasteiger partial charge in [-0.2, -0.15) is 0 Å². The second kappa shape index (κ2) is 4.41. The Morgan fingerprint density at radius 2 is 2.27 bits per heavy atom. The maximum absolute atomic E-state index is 11.6. The molecule has 0 saturated heterocycles. The van der Waals surface area contributed by atoms with E-state index in [9.17, 15) is 4.79 Å². The van der Waals surface area contributed by atoms with Crippen LogP contribution < -0.4 is 5.69 Å². The van der Waals surface area contributed by atoms with Crippen LogP contribution in [0.2, 0.25) is 5.02 Å². The number of hydrogen-bond donors (Lipinski definition) is 1. The molecule has 0 atom stereocenters. The third-order valence-electron chi connectivity index (χ3n) is 2.25. The Kier molecular flexibility index (Phi) is 3.17. The van der Waals surface area contributed by atoms with Gasteiger partial charge in [0.2, 0.25) is 0 Å². The highest BCUT2D eigenvalue weighted by Crippen LogP contribution is 2.16.